The first-order valence-electron chi connectivity index (χ1n) is 35.8. The van der Waals surface area contributed by atoms with Crippen molar-refractivity contribution in [2.75, 3.05) is 26.8 Å². The largest absolute Gasteiger partial charge is 0.497 e. The number of ether oxygens (including phenoxy) is 15. The fourth-order valence-electron chi connectivity index (χ4n) is 13.3. The molecule has 3 saturated heterocycles. The van der Waals surface area contributed by atoms with E-state index in [9.17, 15) is 51.2 Å². The Bertz CT molecular complexity index is 4180. The molecule has 9 rings (SSSR count). The molecule has 3 aliphatic heterocycles. The molecule has 4 aliphatic rings. The highest BCUT2D eigenvalue weighted by molar-refractivity contribution is 5.82. The maximum atomic E-state index is 16.9. The summed E-state index contributed by atoms with van der Waals surface area (Å²) in [6.07, 6.45) is -32.8. The number of hydrogen-bond donors (Lipinski definition) is 3. The van der Waals surface area contributed by atoms with Crippen LogP contribution in [0.5, 0.6) is 5.75 Å². The van der Waals surface area contributed by atoms with Crippen molar-refractivity contribution in [3.63, 3.8) is 0 Å². The van der Waals surface area contributed by atoms with Crippen molar-refractivity contribution in [3.8, 4) is 5.75 Å². The summed E-state index contributed by atoms with van der Waals surface area (Å²) in [5, 5.41) is 34.1. The molecule has 0 spiro atoms. The summed E-state index contributed by atoms with van der Waals surface area (Å²) in [6.45, 7) is 1.81. The quantitative estimate of drug-likeness (QED) is 0.0110. The predicted octanol–water partition coefficient (Wildman–Crippen LogP) is 9.33. The Morgan fingerprint density at radius 2 is 1.10 bits per heavy atom. The normalized spacial score (nSPS) is 26.5. The van der Waals surface area contributed by atoms with Gasteiger partial charge in [-0.2, -0.15) is 0 Å². The highest BCUT2D eigenvalue weighted by atomic mass is 19.1. The molecule has 3 heterocycles. The summed E-state index contributed by atoms with van der Waals surface area (Å²) in [5.74, 6) is -4.86. The lowest BCUT2D eigenvalue weighted by atomic mass is 9.80. The SMILES string of the molecule is COc1ccc(CO[C@H](C(=O)N[C@H]2[C@H](O)[C@@H](O[C@@H]3O[C@H](COC(C)=O)[C@@H](O[C@H]4O[C@@H](CN=[N+]=[N-])[C@@H](OC(C)=O)[C@H](OC(C)=O)[C@H]4N=[N+]=[N-])[C@H]3OC(C)=O)[C@H](O[C@H]3O[C@H]([C@H](C)N(Cc4ccccc4)C(=O)OCc4ccccc4)CC[C@H]3N=[N+]=[N-])[C@@H](NC(=O)OCc3ccccc3)[C@@H]2OCc2ccccc2)[C@H](F)CN=[N+]=[N-])cc1. The van der Waals surface area contributed by atoms with Crippen LogP contribution in [-0.4, -0.2) is 207 Å². The zero-order chi connectivity index (χ0) is 80.9. The molecule has 39 heteroatoms. The first kappa shape index (κ1) is 85.6. The van der Waals surface area contributed by atoms with Crippen molar-refractivity contribution in [3.05, 3.63) is 215 Å². The minimum atomic E-state index is -2.43. The molecule has 0 bridgehead atoms. The molecule has 113 heavy (non-hydrogen) atoms. The van der Waals surface area contributed by atoms with E-state index >= 15 is 14.0 Å². The van der Waals surface area contributed by atoms with Gasteiger partial charge in [-0.3, -0.25) is 28.9 Å². The smallest absolute Gasteiger partial charge is 0.410 e. The van der Waals surface area contributed by atoms with E-state index in [0.29, 0.717) is 33.6 Å². The van der Waals surface area contributed by atoms with Gasteiger partial charge in [-0.15, -0.1) is 0 Å². The number of esters is 4. The molecule has 602 valence electrons. The van der Waals surface area contributed by atoms with Gasteiger partial charge in [0.1, 0.15) is 80.5 Å². The van der Waals surface area contributed by atoms with E-state index < -0.39 is 203 Å². The summed E-state index contributed by atoms with van der Waals surface area (Å²) in [7, 11) is 1.44. The van der Waals surface area contributed by atoms with Gasteiger partial charge in [-0.25, -0.2) is 14.0 Å². The molecular weight excluding hydrogens is 1490 g/mol. The van der Waals surface area contributed by atoms with Gasteiger partial charge >= 0.3 is 36.1 Å². The van der Waals surface area contributed by atoms with E-state index in [2.05, 4.69) is 50.7 Å². The molecule has 4 fully saturated rings. The van der Waals surface area contributed by atoms with Crippen LogP contribution < -0.4 is 15.4 Å². The van der Waals surface area contributed by atoms with Crippen molar-refractivity contribution >= 4 is 42.0 Å². The summed E-state index contributed by atoms with van der Waals surface area (Å²) < 4.78 is 110. The number of benzene rings is 5. The first-order valence-corrected chi connectivity index (χ1v) is 35.8. The summed E-state index contributed by atoms with van der Waals surface area (Å²) >= 11 is 0. The number of aliphatic hydroxyl groups excluding tert-OH is 1. The number of alkyl halides is 1. The number of nitrogens with zero attached hydrogens (tertiary/aromatic N) is 13. The average Bonchev–Trinajstić information content (AvgIpc) is 1.75. The number of azide groups is 4. The molecule has 3 amide bonds. The Balaban J connectivity index is 1.22. The third kappa shape index (κ3) is 24.3. The number of alkyl carbamates (subject to hydrolysis) is 1. The lowest BCUT2D eigenvalue weighted by Gasteiger charge is -2.51. The van der Waals surface area contributed by atoms with Crippen LogP contribution in [-0.2, 0) is 123 Å². The maximum absolute atomic E-state index is 16.9. The number of rotatable bonds is 36. The first-order chi connectivity index (χ1) is 54.6. The minimum Gasteiger partial charge on any atom is -0.497 e. The number of carbonyl (C=O) groups is 7. The monoisotopic (exact) mass is 1570 g/mol. The van der Waals surface area contributed by atoms with Crippen LogP contribution in [0.2, 0.25) is 0 Å². The fourth-order valence-corrected chi connectivity index (χ4v) is 13.3. The van der Waals surface area contributed by atoms with Crippen LogP contribution >= 0.6 is 0 Å². The number of amides is 3. The van der Waals surface area contributed by atoms with Crippen LogP contribution in [0.3, 0.4) is 0 Å². The van der Waals surface area contributed by atoms with Crippen LogP contribution in [0.1, 0.15) is 75.3 Å². The predicted molar refractivity (Wildman–Crippen MR) is 388 cm³/mol. The Morgan fingerprint density at radius 1 is 0.549 bits per heavy atom. The fraction of sp³-hybridized carbons (Fsp3) is 0.500. The molecule has 0 radical (unpaired) electrons. The maximum Gasteiger partial charge on any atom is 0.410 e. The van der Waals surface area contributed by atoms with Gasteiger partial charge in [-0.1, -0.05) is 154 Å². The van der Waals surface area contributed by atoms with E-state index in [1.54, 1.807) is 153 Å². The zero-order valence-corrected chi connectivity index (χ0v) is 62.2. The number of aliphatic hydroxyl groups is 1. The van der Waals surface area contributed by atoms with Crippen molar-refractivity contribution in [2.24, 2.45) is 20.5 Å². The van der Waals surface area contributed by atoms with Crippen LogP contribution in [0.4, 0.5) is 14.0 Å². The molecular formula is C74H86FN15O23. The second-order valence-electron chi connectivity index (χ2n) is 26.3. The van der Waals surface area contributed by atoms with Gasteiger partial charge in [-0.05, 0) is 81.8 Å². The summed E-state index contributed by atoms with van der Waals surface area (Å²) in [4.78, 5) is 110. The number of methoxy groups -OCH3 is 1. The molecule has 3 N–H and O–H groups in total. The second-order valence-corrected chi connectivity index (χ2v) is 26.3. The second kappa shape index (κ2) is 42.9. The van der Waals surface area contributed by atoms with Gasteiger partial charge in [0.15, 0.2) is 43.3 Å². The number of nitrogens with one attached hydrogen (secondary N) is 2. The molecule has 5 aromatic rings. The van der Waals surface area contributed by atoms with E-state index in [1.807, 2.05) is 0 Å². The van der Waals surface area contributed by atoms with Crippen LogP contribution in [0.15, 0.2) is 166 Å². The lowest BCUT2D eigenvalue weighted by molar-refractivity contribution is -0.303. The Labute approximate surface area is 646 Å². The van der Waals surface area contributed by atoms with Crippen LogP contribution in [0, 0.1) is 0 Å². The van der Waals surface area contributed by atoms with Gasteiger partial charge in [0.25, 0.3) is 5.91 Å². The topological polar surface area (TPSA) is 501 Å². The van der Waals surface area contributed by atoms with E-state index in [1.165, 1.54) is 12.0 Å². The van der Waals surface area contributed by atoms with Crippen molar-refractivity contribution in [2.45, 2.75) is 209 Å². The molecule has 1 aliphatic carbocycles. The highest BCUT2D eigenvalue weighted by Gasteiger charge is 2.61. The van der Waals surface area contributed by atoms with Crippen molar-refractivity contribution in [1.82, 2.24) is 15.5 Å². The zero-order valence-electron chi connectivity index (χ0n) is 62.2. The Kier molecular flexibility index (Phi) is 32.5. The lowest BCUT2D eigenvalue weighted by Crippen LogP contribution is -2.75. The van der Waals surface area contributed by atoms with E-state index in [4.69, 9.17) is 71.1 Å². The van der Waals surface area contributed by atoms with Gasteiger partial charge in [0.2, 0.25) is 0 Å². The third-order valence-electron chi connectivity index (χ3n) is 18.5. The van der Waals surface area contributed by atoms with E-state index in [0.717, 1.165) is 27.7 Å². The minimum absolute atomic E-state index is 0.0246. The highest BCUT2D eigenvalue weighted by Crippen LogP contribution is 2.40. The number of carbonyl (C=O) groups excluding carboxylic acids is 7. The third-order valence-corrected chi connectivity index (χ3v) is 18.5. The molecule has 0 aromatic heterocycles. The number of halogens is 1. The standard InChI is InChI=1S/C74H86FN15O23/c1-41(90(35-46-19-11-7-12-20-46)74(98)104-39-49-25-17-10-18-26-49)54-32-31-53(84-88-78)70(108-54)112-65-58(83-73(97)103-38-48-23-15-9-16-24-48)64(102-36-47-21-13-8-14-22-47)57(82-69(96)61(52(75)33-80-86-76)101-37-50-27-29-51(99-6)30-28-50)60(95)67(65)113-72-68(107-45(5)94)63(56(110-72)40-100-42(2)91)111-71-59(85-89-79)66(106-44(4)93)62(105-43(3)92)55(109-71)34-81-87-77/h7-30,41,52-68,70-72,95H,31-40H2,1-6H3,(H,82,96)(H,83,97)/t41-,52+,53+,54-,55-,56+,57-,58-,59+,60-,61-,62+,63+,64+,65+,66+,67+,68+,70+,71+,72-/m0/s1. The Hall–Kier alpha value is -11.4. The van der Waals surface area contributed by atoms with Gasteiger partial charge < -0.3 is 86.8 Å². The summed E-state index contributed by atoms with van der Waals surface area (Å²) in [6, 6.07) is 33.0. The molecule has 5 aromatic carbocycles. The molecule has 21 atom stereocenters. The van der Waals surface area contributed by atoms with E-state index in [-0.39, 0.29) is 32.6 Å². The average molecular weight is 1570 g/mol. The molecule has 38 nitrogen and oxygen atoms in total. The van der Waals surface area contributed by atoms with Crippen LogP contribution in [0.25, 0.3) is 41.8 Å². The number of hydrogen-bond acceptors (Lipinski definition) is 27. The molecule has 0 unspecified atom stereocenters. The van der Waals surface area contributed by atoms with Gasteiger partial charge in [0.05, 0.1) is 63.7 Å². The van der Waals surface area contributed by atoms with Crippen molar-refractivity contribution < 1.29 is 114 Å². The Morgan fingerprint density at radius 3 is 1.68 bits per heavy atom. The summed E-state index contributed by atoms with van der Waals surface area (Å²) in [5.41, 5.74) is 42.1. The van der Waals surface area contributed by atoms with Gasteiger partial charge in [0, 0.05) is 53.9 Å². The van der Waals surface area contributed by atoms with Crippen molar-refractivity contribution in [1.29, 1.82) is 0 Å². The molecule has 1 saturated carbocycles.